The van der Waals surface area contributed by atoms with Crippen molar-refractivity contribution in [3.8, 4) is 0 Å². The van der Waals surface area contributed by atoms with Gasteiger partial charge in [-0.05, 0) is 22.4 Å². The third kappa shape index (κ3) is 3.23. The Morgan fingerprint density at radius 2 is 2.19 bits per heavy atom. The zero-order chi connectivity index (χ0) is 15.6. The highest BCUT2D eigenvalue weighted by molar-refractivity contribution is 7.91. The zero-order valence-electron chi connectivity index (χ0n) is 11.3. The van der Waals surface area contributed by atoms with Crippen LogP contribution in [0.3, 0.4) is 0 Å². The Morgan fingerprint density at radius 3 is 2.67 bits per heavy atom. The molecule has 7 nitrogen and oxygen atoms in total. The van der Waals surface area contributed by atoms with Crippen molar-refractivity contribution >= 4 is 43.4 Å². The molecule has 0 spiro atoms. The summed E-state index contributed by atoms with van der Waals surface area (Å²) in [4.78, 5) is 10.3. The summed E-state index contributed by atoms with van der Waals surface area (Å²) in [6.07, 6.45) is 0. The fourth-order valence-electron chi connectivity index (χ4n) is 1.68. The smallest absolute Gasteiger partial charge is 0.304 e. The van der Waals surface area contributed by atoms with Crippen LogP contribution in [0.5, 0.6) is 0 Å². The van der Waals surface area contributed by atoms with Crippen molar-refractivity contribution in [3.05, 3.63) is 38.6 Å². The molecule has 0 amide bonds. The Labute approximate surface area is 130 Å². The molecule has 2 rings (SSSR count). The van der Waals surface area contributed by atoms with E-state index in [0.29, 0.717) is 0 Å². The molecule has 0 unspecified atom stereocenters. The molecule has 0 saturated heterocycles. The van der Waals surface area contributed by atoms with E-state index in [0.717, 1.165) is 23.0 Å². The molecule has 0 aliphatic rings. The van der Waals surface area contributed by atoms with E-state index in [1.807, 2.05) is 16.8 Å². The summed E-state index contributed by atoms with van der Waals surface area (Å²) < 4.78 is 26.0. The van der Waals surface area contributed by atoms with Crippen LogP contribution in [0.1, 0.15) is 5.56 Å². The predicted molar refractivity (Wildman–Crippen MR) is 83.5 cm³/mol. The third-order valence-electron chi connectivity index (χ3n) is 2.76. The van der Waals surface area contributed by atoms with Crippen molar-refractivity contribution in [1.29, 1.82) is 0 Å². The minimum Gasteiger partial charge on any atom is -0.374 e. The van der Waals surface area contributed by atoms with Crippen LogP contribution in [0.15, 0.2) is 27.1 Å². The summed E-state index contributed by atoms with van der Waals surface area (Å²) in [7, 11) is -0.774. The van der Waals surface area contributed by atoms with E-state index in [4.69, 9.17) is 0 Å². The maximum Gasteiger partial charge on any atom is 0.304 e. The van der Waals surface area contributed by atoms with Crippen LogP contribution < -0.4 is 5.32 Å². The number of nitrogens with zero attached hydrogens (tertiary/aromatic N) is 2. The highest BCUT2D eigenvalue weighted by atomic mass is 32.2. The van der Waals surface area contributed by atoms with Gasteiger partial charge in [-0.2, -0.15) is 15.6 Å². The molecule has 2 aromatic rings. The fourth-order valence-corrected chi connectivity index (χ4v) is 4.99. The van der Waals surface area contributed by atoms with Gasteiger partial charge >= 0.3 is 5.69 Å². The van der Waals surface area contributed by atoms with E-state index in [1.165, 1.54) is 29.7 Å². The number of anilines is 1. The highest BCUT2D eigenvalue weighted by Crippen LogP contribution is 2.37. The van der Waals surface area contributed by atoms with E-state index < -0.39 is 14.9 Å². The summed E-state index contributed by atoms with van der Waals surface area (Å²) in [5.41, 5.74) is 0.649. The molecular weight excluding hydrogens is 334 g/mol. The van der Waals surface area contributed by atoms with Gasteiger partial charge < -0.3 is 5.32 Å². The second-order valence-corrected chi connectivity index (χ2v) is 8.28. The van der Waals surface area contributed by atoms with Crippen molar-refractivity contribution in [1.82, 2.24) is 4.31 Å². The van der Waals surface area contributed by atoms with Crippen molar-refractivity contribution < 1.29 is 13.3 Å². The SMILES string of the molecule is CNc1sc(S(=O)(=O)N(C)Cc2ccsc2)cc1[N+](=O)[O-]. The molecule has 2 heterocycles. The Bertz CT molecular complexity index is 737. The minimum absolute atomic E-state index is 0.0451. The van der Waals surface area contributed by atoms with Crippen molar-refractivity contribution in [2.45, 2.75) is 10.8 Å². The fraction of sp³-hybridized carbons (Fsp3) is 0.273. The lowest BCUT2D eigenvalue weighted by molar-refractivity contribution is -0.383. The van der Waals surface area contributed by atoms with E-state index in [2.05, 4.69) is 5.32 Å². The lowest BCUT2D eigenvalue weighted by Crippen LogP contribution is -2.25. The first-order chi connectivity index (χ1) is 9.86. The summed E-state index contributed by atoms with van der Waals surface area (Å²) in [5, 5.41) is 17.5. The van der Waals surface area contributed by atoms with Crippen LogP contribution in [-0.2, 0) is 16.6 Å². The Hall–Kier alpha value is -1.49. The number of hydrogen-bond acceptors (Lipinski definition) is 7. The number of sulfonamides is 1. The van der Waals surface area contributed by atoms with Gasteiger partial charge in [0, 0.05) is 26.7 Å². The van der Waals surface area contributed by atoms with Crippen LogP contribution >= 0.6 is 22.7 Å². The summed E-state index contributed by atoms with van der Waals surface area (Å²) in [6, 6.07) is 2.93. The first-order valence-electron chi connectivity index (χ1n) is 5.79. The third-order valence-corrected chi connectivity index (χ3v) is 6.89. The molecular formula is C11H13N3O4S3. The molecule has 0 bridgehead atoms. The summed E-state index contributed by atoms with van der Waals surface area (Å²) in [5.74, 6) is 0. The lowest BCUT2D eigenvalue weighted by Gasteiger charge is -2.14. The van der Waals surface area contributed by atoms with Crippen LogP contribution in [0, 0.1) is 10.1 Å². The van der Waals surface area contributed by atoms with Crippen LogP contribution in [0.2, 0.25) is 0 Å². The van der Waals surface area contributed by atoms with Gasteiger partial charge in [-0.25, -0.2) is 8.42 Å². The van der Waals surface area contributed by atoms with Crippen LogP contribution in [-0.4, -0.2) is 31.7 Å². The van der Waals surface area contributed by atoms with Gasteiger partial charge in [0.2, 0.25) is 0 Å². The quantitative estimate of drug-likeness (QED) is 0.640. The van der Waals surface area contributed by atoms with Crippen LogP contribution in [0.4, 0.5) is 10.7 Å². The standard InChI is InChI=1S/C11H13N3O4S3/c1-12-11-9(14(15)16)5-10(20-11)21(17,18)13(2)6-8-3-4-19-7-8/h3-5,7,12H,6H2,1-2H3. The Morgan fingerprint density at radius 1 is 1.48 bits per heavy atom. The van der Waals surface area contributed by atoms with Gasteiger partial charge in [0.25, 0.3) is 10.0 Å². The van der Waals surface area contributed by atoms with Gasteiger partial charge in [-0.1, -0.05) is 11.3 Å². The van der Waals surface area contributed by atoms with E-state index in [9.17, 15) is 18.5 Å². The monoisotopic (exact) mass is 347 g/mol. The number of thiophene rings is 2. The minimum atomic E-state index is -3.75. The van der Waals surface area contributed by atoms with Crippen LogP contribution in [0.25, 0.3) is 0 Å². The summed E-state index contributed by atoms with van der Waals surface area (Å²) >= 11 is 2.34. The van der Waals surface area contributed by atoms with E-state index in [1.54, 1.807) is 0 Å². The van der Waals surface area contributed by atoms with Crippen molar-refractivity contribution in [2.75, 3.05) is 19.4 Å². The van der Waals surface area contributed by atoms with Gasteiger partial charge in [-0.15, -0.1) is 0 Å². The number of hydrogen-bond donors (Lipinski definition) is 1. The maximum absolute atomic E-state index is 12.5. The van der Waals surface area contributed by atoms with Gasteiger partial charge in [-0.3, -0.25) is 10.1 Å². The normalized spacial score (nSPS) is 11.8. The van der Waals surface area contributed by atoms with Crippen molar-refractivity contribution in [3.63, 3.8) is 0 Å². The molecule has 0 aliphatic heterocycles. The molecule has 114 valence electrons. The molecule has 0 radical (unpaired) electrons. The molecule has 21 heavy (non-hydrogen) atoms. The highest BCUT2D eigenvalue weighted by Gasteiger charge is 2.28. The lowest BCUT2D eigenvalue weighted by atomic mass is 10.3. The number of nitro groups is 1. The molecule has 10 heteroatoms. The zero-order valence-corrected chi connectivity index (χ0v) is 13.7. The van der Waals surface area contributed by atoms with Gasteiger partial charge in [0.1, 0.15) is 4.21 Å². The second kappa shape index (κ2) is 6.10. The summed E-state index contributed by atoms with van der Waals surface area (Å²) in [6.45, 7) is 0.229. The molecule has 0 fully saturated rings. The molecule has 1 N–H and O–H groups in total. The average Bonchev–Trinajstić information content (AvgIpc) is 3.06. The number of rotatable bonds is 6. The van der Waals surface area contributed by atoms with Gasteiger partial charge in [0.15, 0.2) is 5.00 Å². The van der Waals surface area contributed by atoms with Crippen molar-refractivity contribution in [2.24, 2.45) is 0 Å². The molecule has 0 aliphatic carbocycles. The first-order valence-corrected chi connectivity index (χ1v) is 8.99. The molecule has 2 aromatic heterocycles. The Balaban J connectivity index is 2.33. The van der Waals surface area contributed by atoms with E-state index in [-0.39, 0.29) is 21.4 Å². The molecule has 0 aromatic carbocycles. The average molecular weight is 347 g/mol. The first kappa shape index (κ1) is 15.9. The second-order valence-electron chi connectivity index (χ2n) is 4.18. The topological polar surface area (TPSA) is 92.6 Å². The largest absolute Gasteiger partial charge is 0.374 e. The number of nitrogens with one attached hydrogen (secondary N) is 1. The van der Waals surface area contributed by atoms with E-state index >= 15 is 0 Å². The Kier molecular flexibility index (Phi) is 4.61. The predicted octanol–water partition coefficient (Wildman–Crippen LogP) is 2.58. The maximum atomic E-state index is 12.5. The molecule has 0 saturated carbocycles. The molecule has 0 atom stereocenters. The van der Waals surface area contributed by atoms with Gasteiger partial charge in [0.05, 0.1) is 4.92 Å².